The van der Waals surface area contributed by atoms with E-state index in [1.54, 1.807) is 17.5 Å². The summed E-state index contributed by atoms with van der Waals surface area (Å²) in [7, 11) is 0. The average molecular weight is 497 g/mol. The summed E-state index contributed by atoms with van der Waals surface area (Å²) in [6.07, 6.45) is 0.764. The molecule has 34 heavy (non-hydrogen) atoms. The van der Waals surface area contributed by atoms with Crippen LogP contribution in [0.15, 0.2) is 66.0 Å². The van der Waals surface area contributed by atoms with Crippen molar-refractivity contribution in [2.24, 2.45) is 5.92 Å². The van der Waals surface area contributed by atoms with E-state index < -0.39 is 23.8 Å². The Morgan fingerprint density at radius 2 is 1.79 bits per heavy atom. The molecule has 1 fully saturated rings. The first-order valence-electron chi connectivity index (χ1n) is 10.6. The minimum Gasteiger partial charge on any atom is -0.480 e. The SMILES string of the molecule is O=C(NC[C@H](NC(=O)c1ccc(C(=O)C2CC2c2ccccc2)cc1Cl)C(=O)O)c1cccs1. The van der Waals surface area contributed by atoms with Gasteiger partial charge >= 0.3 is 5.97 Å². The van der Waals surface area contributed by atoms with Gasteiger partial charge in [0.15, 0.2) is 5.78 Å². The number of hydrogen-bond acceptors (Lipinski definition) is 5. The van der Waals surface area contributed by atoms with E-state index in [1.807, 2.05) is 30.3 Å². The smallest absolute Gasteiger partial charge is 0.328 e. The van der Waals surface area contributed by atoms with Crippen molar-refractivity contribution in [3.63, 3.8) is 0 Å². The Hall–Kier alpha value is -3.49. The first-order chi connectivity index (χ1) is 16.3. The van der Waals surface area contributed by atoms with Gasteiger partial charge in [-0.3, -0.25) is 14.4 Å². The van der Waals surface area contributed by atoms with Crippen LogP contribution in [-0.2, 0) is 4.79 Å². The molecule has 2 unspecified atom stereocenters. The molecule has 4 rings (SSSR count). The summed E-state index contributed by atoms with van der Waals surface area (Å²) >= 11 is 7.50. The lowest BCUT2D eigenvalue weighted by atomic mass is 10.0. The number of ketones is 1. The van der Waals surface area contributed by atoms with Crippen LogP contribution in [-0.4, -0.2) is 41.3 Å². The van der Waals surface area contributed by atoms with Crippen molar-refractivity contribution < 1.29 is 24.3 Å². The molecular formula is C25H21ClN2O5S. The first kappa shape index (κ1) is 23.7. The number of Topliss-reactive ketones (excluding diaryl/α,β-unsaturated/α-hetero) is 1. The predicted molar refractivity (Wildman–Crippen MR) is 129 cm³/mol. The number of rotatable bonds is 9. The highest BCUT2D eigenvalue weighted by molar-refractivity contribution is 7.12. The molecule has 9 heteroatoms. The molecule has 2 aromatic carbocycles. The number of carbonyl (C=O) groups excluding carboxylic acids is 3. The van der Waals surface area contributed by atoms with Gasteiger partial charge in [0.25, 0.3) is 11.8 Å². The molecule has 7 nitrogen and oxygen atoms in total. The number of thiophene rings is 1. The molecule has 0 saturated heterocycles. The number of hydrogen-bond donors (Lipinski definition) is 3. The molecule has 1 aromatic heterocycles. The zero-order chi connectivity index (χ0) is 24.2. The Morgan fingerprint density at radius 1 is 1.03 bits per heavy atom. The Kier molecular flexibility index (Phi) is 7.09. The van der Waals surface area contributed by atoms with Crippen molar-refractivity contribution in [2.75, 3.05) is 6.54 Å². The van der Waals surface area contributed by atoms with Gasteiger partial charge in [0, 0.05) is 18.0 Å². The van der Waals surface area contributed by atoms with Crippen molar-refractivity contribution in [2.45, 2.75) is 18.4 Å². The van der Waals surface area contributed by atoms with Crippen LogP contribution in [0.1, 0.15) is 48.3 Å². The highest BCUT2D eigenvalue weighted by atomic mass is 35.5. The second kappa shape index (κ2) is 10.2. The summed E-state index contributed by atoms with van der Waals surface area (Å²) < 4.78 is 0. The van der Waals surface area contributed by atoms with Crippen molar-refractivity contribution in [1.29, 1.82) is 0 Å². The quantitative estimate of drug-likeness (QED) is 0.387. The molecule has 3 atom stereocenters. The summed E-state index contributed by atoms with van der Waals surface area (Å²) in [5, 5.41) is 16.1. The molecule has 1 aliphatic carbocycles. The zero-order valence-corrected chi connectivity index (χ0v) is 19.4. The second-order valence-electron chi connectivity index (χ2n) is 7.97. The van der Waals surface area contributed by atoms with Gasteiger partial charge in [0.2, 0.25) is 0 Å². The van der Waals surface area contributed by atoms with Crippen LogP contribution < -0.4 is 10.6 Å². The molecule has 2 amide bonds. The summed E-state index contributed by atoms with van der Waals surface area (Å²) in [5.74, 6) is -2.43. The molecule has 1 saturated carbocycles. The van der Waals surface area contributed by atoms with E-state index in [0.29, 0.717) is 10.4 Å². The third-order valence-corrected chi connectivity index (χ3v) is 6.85. The molecule has 0 spiro atoms. The van der Waals surface area contributed by atoms with E-state index >= 15 is 0 Å². The molecule has 0 bridgehead atoms. The summed E-state index contributed by atoms with van der Waals surface area (Å²) in [6, 6.07) is 16.2. The van der Waals surface area contributed by atoms with Gasteiger partial charge in [-0.05, 0) is 41.5 Å². The topological polar surface area (TPSA) is 113 Å². The Bertz CT molecular complexity index is 1230. The number of nitrogens with one attached hydrogen (secondary N) is 2. The zero-order valence-electron chi connectivity index (χ0n) is 17.9. The van der Waals surface area contributed by atoms with Crippen molar-refractivity contribution in [1.82, 2.24) is 10.6 Å². The standard InChI is InChI=1S/C25H21ClN2O5S/c26-19-11-15(22(29)18-12-17(18)14-5-2-1-3-6-14)8-9-16(19)23(30)28-20(25(32)33)13-27-24(31)21-7-4-10-34-21/h1-11,17-18,20H,12-13H2,(H,27,31)(H,28,30)(H,32,33)/t17?,18?,20-/m0/s1. The van der Waals surface area contributed by atoms with Crippen LogP contribution in [0.3, 0.4) is 0 Å². The second-order valence-corrected chi connectivity index (χ2v) is 9.32. The fourth-order valence-electron chi connectivity index (χ4n) is 3.75. The Labute approximate surface area is 204 Å². The minimum absolute atomic E-state index is 0.0394. The van der Waals surface area contributed by atoms with Gasteiger partial charge in [-0.15, -0.1) is 11.3 Å². The van der Waals surface area contributed by atoms with Gasteiger partial charge in [-0.1, -0.05) is 54.1 Å². The first-order valence-corrected chi connectivity index (χ1v) is 11.8. The van der Waals surface area contributed by atoms with Gasteiger partial charge in [0.05, 0.1) is 15.5 Å². The Morgan fingerprint density at radius 3 is 2.44 bits per heavy atom. The van der Waals surface area contributed by atoms with Crippen molar-refractivity contribution in [3.8, 4) is 0 Å². The lowest BCUT2D eigenvalue weighted by Crippen LogP contribution is -2.48. The normalized spacial score (nSPS) is 17.4. The minimum atomic E-state index is -1.35. The molecule has 3 aromatic rings. The predicted octanol–water partition coefficient (Wildman–Crippen LogP) is 4.00. The number of carboxylic acids is 1. The highest BCUT2D eigenvalue weighted by Gasteiger charge is 2.44. The maximum Gasteiger partial charge on any atom is 0.328 e. The van der Waals surface area contributed by atoms with Crippen molar-refractivity contribution in [3.05, 3.63) is 92.6 Å². The number of amides is 2. The molecule has 174 valence electrons. The van der Waals surface area contributed by atoms with E-state index in [2.05, 4.69) is 10.6 Å². The molecule has 0 radical (unpaired) electrons. The fraction of sp³-hybridized carbons (Fsp3) is 0.200. The van der Waals surface area contributed by atoms with Crippen LogP contribution in [0.5, 0.6) is 0 Å². The van der Waals surface area contributed by atoms with E-state index in [1.165, 1.54) is 29.5 Å². The lowest BCUT2D eigenvalue weighted by molar-refractivity contribution is -0.139. The summed E-state index contributed by atoms with van der Waals surface area (Å²) in [5.41, 5.74) is 1.57. The molecular weight excluding hydrogens is 476 g/mol. The van der Waals surface area contributed by atoms with E-state index in [-0.39, 0.29) is 34.7 Å². The average Bonchev–Trinajstić information content (AvgIpc) is 3.44. The summed E-state index contributed by atoms with van der Waals surface area (Å²) in [4.78, 5) is 49.6. The summed E-state index contributed by atoms with van der Waals surface area (Å²) in [6.45, 7) is -0.297. The number of carbonyl (C=O) groups is 4. The third kappa shape index (κ3) is 5.35. The monoisotopic (exact) mass is 496 g/mol. The van der Waals surface area contributed by atoms with E-state index in [9.17, 15) is 24.3 Å². The Balaban J connectivity index is 1.38. The van der Waals surface area contributed by atoms with E-state index in [4.69, 9.17) is 11.6 Å². The number of carboxylic acid groups (broad SMARTS) is 1. The van der Waals surface area contributed by atoms with Gasteiger partial charge in [-0.25, -0.2) is 4.79 Å². The van der Waals surface area contributed by atoms with Crippen LogP contribution in [0.4, 0.5) is 0 Å². The van der Waals surface area contributed by atoms with Crippen LogP contribution >= 0.6 is 22.9 Å². The van der Waals surface area contributed by atoms with Crippen molar-refractivity contribution >= 4 is 46.5 Å². The fourth-order valence-corrected chi connectivity index (χ4v) is 4.65. The van der Waals surface area contributed by atoms with Crippen LogP contribution in [0, 0.1) is 5.92 Å². The van der Waals surface area contributed by atoms with Gasteiger partial charge < -0.3 is 15.7 Å². The highest BCUT2D eigenvalue weighted by Crippen LogP contribution is 2.49. The van der Waals surface area contributed by atoms with E-state index in [0.717, 1.165) is 12.0 Å². The largest absolute Gasteiger partial charge is 0.480 e. The molecule has 0 aliphatic heterocycles. The maximum absolute atomic E-state index is 12.9. The number of benzene rings is 2. The molecule has 1 heterocycles. The third-order valence-electron chi connectivity index (χ3n) is 5.67. The van der Waals surface area contributed by atoms with Crippen LogP contribution in [0.25, 0.3) is 0 Å². The van der Waals surface area contributed by atoms with Gasteiger partial charge in [0.1, 0.15) is 6.04 Å². The van der Waals surface area contributed by atoms with Gasteiger partial charge in [-0.2, -0.15) is 0 Å². The number of halogens is 1. The molecule has 1 aliphatic rings. The molecule has 3 N–H and O–H groups in total. The van der Waals surface area contributed by atoms with Crippen LogP contribution in [0.2, 0.25) is 5.02 Å². The maximum atomic E-state index is 12.9. The number of aliphatic carboxylic acids is 1. The lowest BCUT2D eigenvalue weighted by Gasteiger charge is -2.16.